The molecule has 0 radical (unpaired) electrons. The molecule has 6 nitrogen and oxygen atoms in total. The van der Waals surface area contributed by atoms with Crippen LogP contribution in [0.2, 0.25) is 0 Å². The average Bonchev–Trinajstić information content (AvgIpc) is 2.95. The molecular weight excluding hydrogens is 301 g/mol. The maximum Gasteiger partial charge on any atom is 0.303 e. The highest BCUT2D eigenvalue weighted by atomic mass is 19.1. The molecule has 1 aromatic carbocycles. The molecule has 2 rings (SSSR count). The van der Waals surface area contributed by atoms with E-state index >= 15 is 0 Å². The van der Waals surface area contributed by atoms with Gasteiger partial charge in [-0.15, -0.1) is 0 Å². The monoisotopic (exact) mass is 319 g/mol. The minimum absolute atomic E-state index is 0.0147. The molecule has 0 bridgehead atoms. The van der Waals surface area contributed by atoms with Crippen LogP contribution in [0.3, 0.4) is 0 Å². The molecule has 2 aromatic rings. The summed E-state index contributed by atoms with van der Waals surface area (Å²) in [5.41, 5.74) is 1.66. The van der Waals surface area contributed by atoms with Gasteiger partial charge in [-0.05, 0) is 43.2 Å². The molecule has 1 N–H and O–H groups in total. The lowest BCUT2D eigenvalue weighted by Crippen LogP contribution is -2.28. The fraction of sp³-hybridized carbons (Fsp3) is 0.312. The molecule has 23 heavy (non-hydrogen) atoms. The Kier molecular flexibility index (Phi) is 5.10. The van der Waals surface area contributed by atoms with Crippen LogP contribution >= 0.6 is 0 Å². The van der Waals surface area contributed by atoms with Crippen molar-refractivity contribution >= 4 is 11.9 Å². The third-order valence-corrected chi connectivity index (χ3v) is 3.44. The molecule has 0 fully saturated rings. The highest BCUT2D eigenvalue weighted by molar-refractivity contribution is 5.92. The summed E-state index contributed by atoms with van der Waals surface area (Å²) < 4.78 is 14.7. The van der Waals surface area contributed by atoms with E-state index in [0.29, 0.717) is 24.2 Å². The first-order valence-corrected chi connectivity index (χ1v) is 7.18. The van der Waals surface area contributed by atoms with E-state index in [9.17, 15) is 14.0 Å². The number of aliphatic carboxylic acids is 1. The van der Waals surface area contributed by atoms with Gasteiger partial charge in [0, 0.05) is 26.2 Å². The second kappa shape index (κ2) is 7.04. The summed E-state index contributed by atoms with van der Waals surface area (Å²) >= 11 is 0. The number of aromatic nitrogens is 2. The van der Waals surface area contributed by atoms with Crippen LogP contribution in [-0.2, 0) is 4.79 Å². The van der Waals surface area contributed by atoms with Crippen LogP contribution in [0.15, 0.2) is 30.5 Å². The predicted octanol–water partition coefficient (Wildman–Crippen LogP) is 2.26. The Hall–Kier alpha value is -2.70. The van der Waals surface area contributed by atoms with Gasteiger partial charge in [0.15, 0.2) is 5.69 Å². The van der Waals surface area contributed by atoms with Crippen LogP contribution < -0.4 is 0 Å². The third kappa shape index (κ3) is 4.15. The smallest absolute Gasteiger partial charge is 0.303 e. The minimum atomic E-state index is -0.887. The quantitative estimate of drug-likeness (QED) is 0.886. The Bertz CT molecular complexity index is 727. The van der Waals surface area contributed by atoms with E-state index in [1.807, 2.05) is 0 Å². The topological polar surface area (TPSA) is 75.4 Å². The maximum atomic E-state index is 13.1. The SMILES string of the molecule is Cc1cc(F)ccc1-n1ccc(C(=O)N(C)CCCC(=O)O)n1. The van der Waals surface area contributed by atoms with Gasteiger partial charge in [0.05, 0.1) is 5.69 Å². The molecular formula is C16H18FN3O3. The van der Waals surface area contributed by atoms with Crippen molar-refractivity contribution in [1.29, 1.82) is 0 Å². The van der Waals surface area contributed by atoms with Gasteiger partial charge < -0.3 is 10.0 Å². The second-order valence-electron chi connectivity index (χ2n) is 5.30. The molecule has 0 atom stereocenters. The van der Waals surface area contributed by atoms with Crippen molar-refractivity contribution in [2.45, 2.75) is 19.8 Å². The number of rotatable bonds is 6. The van der Waals surface area contributed by atoms with Crippen LogP contribution in [0, 0.1) is 12.7 Å². The summed E-state index contributed by atoms with van der Waals surface area (Å²) in [5.74, 6) is -1.50. The zero-order chi connectivity index (χ0) is 17.0. The van der Waals surface area contributed by atoms with Gasteiger partial charge in [-0.3, -0.25) is 9.59 Å². The summed E-state index contributed by atoms with van der Waals surface area (Å²) in [7, 11) is 1.60. The highest BCUT2D eigenvalue weighted by Gasteiger charge is 2.16. The van der Waals surface area contributed by atoms with Gasteiger partial charge in [0.1, 0.15) is 5.82 Å². The first-order chi connectivity index (χ1) is 10.9. The van der Waals surface area contributed by atoms with Crippen molar-refractivity contribution in [2.75, 3.05) is 13.6 Å². The molecule has 0 saturated carbocycles. The van der Waals surface area contributed by atoms with Crippen molar-refractivity contribution in [3.05, 3.63) is 47.5 Å². The minimum Gasteiger partial charge on any atom is -0.481 e. The second-order valence-corrected chi connectivity index (χ2v) is 5.30. The number of carbonyl (C=O) groups is 2. The third-order valence-electron chi connectivity index (χ3n) is 3.44. The normalized spacial score (nSPS) is 10.6. The van der Waals surface area contributed by atoms with E-state index in [-0.39, 0.29) is 23.8 Å². The van der Waals surface area contributed by atoms with Crippen LogP contribution in [-0.4, -0.2) is 45.3 Å². The lowest BCUT2D eigenvalue weighted by Gasteiger charge is -2.15. The number of nitrogens with zero attached hydrogens (tertiary/aromatic N) is 3. The molecule has 1 amide bonds. The zero-order valence-corrected chi connectivity index (χ0v) is 13.0. The standard InChI is InChI=1S/C16H18FN3O3/c1-11-10-12(17)5-6-14(11)20-9-7-13(18-20)16(23)19(2)8-3-4-15(21)22/h5-7,9-10H,3-4,8H2,1-2H3,(H,21,22). The number of aryl methyl sites for hydroxylation is 1. The number of hydrogen-bond donors (Lipinski definition) is 1. The van der Waals surface area contributed by atoms with Gasteiger partial charge in [0.25, 0.3) is 5.91 Å². The molecule has 0 saturated heterocycles. The van der Waals surface area contributed by atoms with E-state index in [2.05, 4.69) is 5.10 Å². The average molecular weight is 319 g/mol. The van der Waals surface area contributed by atoms with Crippen molar-refractivity contribution in [3.63, 3.8) is 0 Å². The molecule has 1 heterocycles. The highest BCUT2D eigenvalue weighted by Crippen LogP contribution is 2.15. The van der Waals surface area contributed by atoms with Gasteiger partial charge in [-0.25, -0.2) is 9.07 Å². The molecule has 7 heteroatoms. The molecule has 0 aliphatic heterocycles. The Balaban J connectivity index is 2.09. The summed E-state index contributed by atoms with van der Waals surface area (Å²) in [4.78, 5) is 24.2. The lowest BCUT2D eigenvalue weighted by atomic mass is 10.2. The largest absolute Gasteiger partial charge is 0.481 e. The van der Waals surface area contributed by atoms with Gasteiger partial charge >= 0.3 is 5.97 Å². The van der Waals surface area contributed by atoms with Crippen LogP contribution in [0.5, 0.6) is 0 Å². The first-order valence-electron chi connectivity index (χ1n) is 7.18. The number of carboxylic acids is 1. The number of halogens is 1. The summed E-state index contributed by atoms with van der Waals surface area (Å²) in [6, 6.07) is 5.92. The van der Waals surface area contributed by atoms with Gasteiger partial charge in [-0.1, -0.05) is 0 Å². The fourth-order valence-electron chi connectivity index (χ4n) is 2.21. The van der Waals surface area contributed by atoms with Crippen LogP contribution in [0.25, 0.3) is 5.69 Å². The molecule has 1 aromatic heterocycles. The van der Waals surface area contributed by atoms with Crippen LogP contribution in [0.1, 0.15) is 28.9 Å². The number of hydrogen-bond acceptors (Lipinski definition) is 3. The maximum absolute atomic E-state index is 13.1. The van der Waals surface area contributed by atoms with Crippen molar-refractivity contribution < 1.29 is 19.1 Å². The molecule has 0 spiro atoms. The van der Waals surface area contributed by atoms with E-state index in [4.69, 9.17) is 5.11 Å². The van der Waals surface area contributed by atoms with E-state index in [0.717, 1.165) is 0 Å². The van der Waals surface area contributed by atoms with E-state index in [1.54, 1.807) is 32.3 Å². The van der Waals surface area contributed by atoms with Crippen LogP contribution in [0.4, 0.5) is 4.39 Å². The Morgan fingerprint density at radius 1 is 1.35 bits per heavy atom. The predicted molar refractivity (Wildman–Crippen MR) is 82.1 cm³/mol. The Morgan fingerprint density at radius 3 is 2.74 bits per heavy atom. The zero-order valence-electron chi connectivity index (χ0n) is 13.0. The first kappa shape index (κ1) is 16.7. The van der Waals surface area contributed by atoms with Crippen molar-refractivity contribution in [2.24, 2.45) is 0 Å². The van der Waals surface area contributed by atoms with E-state index in [1.165, 1.54) is 21.7 Å². The number of amides is 1. The van der Waals surface area contributed by atoms with Crippen molar-refractivity contribution in [1.82, 2.24) is 14.7 Å². The summed E-state index contributed by atoms with van der Waals surface area (Å²) in [6.45, 7) is 2.10. The van der Waals surface area contributed by atoms with Crippen molar-refractivity contribution in [3.8, 4) is 5.69 Å². The Labute approximate surface area is 133 Å². The summed E-state index contributed by atoms with van der Waals surface area (Å²) in [6.07, 6.45) is 2.04. The molecule has 122 valence electrons. The van der Waals surface area contributed by atoms with Gasteiger partial charge in [-0.2, -0.15) is 5.10 Å². The molecule has 0 aliphatic carbocycles. The fourth-order valence-corrected chi connectivity index (χ4v) is 2.21. The summed E-state index contributed by atoms with van der Waals surface area (Å²) in [5, 5.41) is 12.8. The van der Waals surface area contributed by atoms with E-state index < -0.39 is 5.97 Å². The number of benzene rings is 1. The lowest BCUT2D eigenvalue weighted by molar-refractivity contribution is -0.137. The van der Waals surface area contributed by atoms with Gasteiger partial charge in [0.2, 0.25) is 0 Å². The molecule has 0 aliphatic rings. The molecule has 0 unspecified atom stereocenters. The Morgan fingerprint density at radius 2 is 2.09 bits per heavy atom. The number of carboxylic acid groups (broad SMARTS) is 1. The number of carbonyl (C=O) groups excluding carboxylic acids is 1.